The standard InChI is InChI=1S/C31H48/c1-21(23-15-14-16-24(20-23)28(2,3)4)17-22-18-25(29(5,6)7)27(31(11,12)13)26(19-22)30(8,9)10/h14-16,18-21H,17H2,1-13H3. The summed E-state index contributed by atoms with van der Waals surface area (Å²) in [5.74, 6) is 0.489. The summed E-state index contributed by atoms with van der Waals surface area (Å²) in [5.41, 5.74) is 9.44. The van der Waals surface area contributed by atoms with E-state index in [0.29, 0.717) is 5.92 Å². The Labute approximate surface area is 193 Å². The predicted octanol–water partition coefficient (Wildman–Crippen LogP) is 9.22. The van der Waals surface area contributed by atoms with E-state index in [0.717, 1.165) is 6.42 Å². The largest absolute Gasteiger partial charge is 0.0617 e. The monoisotopic (exact) mass is 420 g/mol. The normalized spacial score (nSPS) is 14.6. The molecule has 0 fully saturated rings. The second-order valence-electron chi connectivity index (χ2n) is 13.8. The Hall–Kier alpha value is -1.56. The van der Waals surface area contributed by atoms with E-state index in [1.54, 1.807) is 5.56 Å². The molecule has 172 valence electrons. The predicted molar refractivity (Wildman–Crippen MR) is 140 cm³/mol. The molecule has 0 spiro atoms. The second kappa shape index (κ2) is 8.42. The van der Waals surface area contributed by atoms with E-state index in [4.69, 9.17) is 0 Å². The molecular formula is C31H48. The van der Waals surface area contributed by atoms with Gasteiger partial charge in [-0.2, -0.15) is 0 Å². The minimum Gasteiger partial charge on any atom is -0.0617 e. The van der Waals surface area contributed by atoms with Crippen molar-refractivity contribution in [3.05, 3.63) is 69.8 Å². The van der Waals surface area contributed by atoms with Gasteiger partial charge < -0.3 is 0 Å². The van der Waals surface area contributed by atoms with Crippen LogP contribution in [0.2, 0.25) is 0 Å². The Balaban J connectivity index is 2.60. The molecule has 0 heterocycles. The maximum atomic E-state index is 2.51. The SMILES string of the molecule is CC(Cc1cc(C(C)(C)C)c(C(C)(C)C)c(C(C)(C)C)c1)c1cccc(C(C)(C)C)c1. The van der Waals surface area contributed by atoms with Crippen LogP contribution in [-0.2, 0) is 28.1 Å². The van der Waals surface area contributed by atoms with Crippen LogP contribution in [-0.4, -0.2) is 0 Å². The zero-order chi connectivity index (χ0) is 24.0. The van der Waals surface area contributed by atoms with Crippen molar-refractivity contribution in [1.29, 1.82) is 0 Å². The third-order valence-corrected chi connectivity index (χ3v) is 6.43. The fraction of sp³-hybridized carbons (Fsp3) is 0.613. The summed E-state index contributed by atoms with van der Waals surface area (Å²) in [7, 11) is 0. The van der Waals surface area contributed by atoms with Crippen LogP contribution >= 0.6 is 0 Å². The minimum atomic E-state index is 0.119. The molecule has 0 amide bonds. The molecule has 1 atom stereocenters. The Morgan fingerprint density at radius 3 is 1.48 bits per heavy atom. The molecule has 0 saturated heterocycles. The van der Waals surface area contributed by atoms with Gasteiger partial charge >= 0.3 is 0 Å². The highest BCUT2D eigenvalue weighted by molar-refractivity contribution is 5.49. The van der Waals surface area contributed by atoms with E-state index in [1.165, 1.54) is 27.8 Å². The van der Waals surface area contributed by atoms with Crippen molar-refractivity contribution in [1.82, 2.24) is 0 Å². The highest BCUT2D eigenvalue weighted by Crippen LogP contribution is 2.42. The van der Waals surface area contributed by atoms with Crippen LogP contribution in [0.1, 0.15) is 129 Å². The molecule has 0 saturated carbocycles. The van der Waals surface area contributed by atoms with Crippen molar-refractivity contribution in [2.45, 2.75) is 124 Å². The topological polar surface area (TPSA) is 0 Å². The third-order valence-electron chi connectivity index (χ3n) is 6.43. The molecule has 31 heavy (non-hydrogen) atoms. The Morgan fingerprint density at radius 2 is 1.10 bits per heavy atom. The quantitative estimate of drug-likeness (QED) is 0.464. The van der Waals surface area contributed by atoms with E-state index in [-0.39, 0.29) is 21.7 Å². The molecule has 0 N–H and O–H groups in total. The van der Waals surface area contributed by atoms with Gasteiger partial charge in [-0.1, -0.05) is 126 Å². The molecule has 1 unspecified atom stereocenters. The van der Waals surface area contributed by atoms with Crippen LogP contribution < -0.4 is 0 Å². The van der Waals surface area contributed by atoms with Crippen molar-refractivity contribution in [3.8, 4) is 0 Å². The summed E-state index contributed by atoms with van der Waals surface area (Å²) < 4.78 is 0. The van der Waals surface area contributed by atoms with Gasteiger partial charge in [-0.05, 0) is 67.4 Å². The molecule has 0 bridgehead atoms. The van der Waals surface area contributed by atoms with Gasteiger partial charge in [-0.3, -0.25) is 0 Å². The Bertz CT molecular complexity index is 864. The van der Waals surface area contributed by atoms with Gasteiger partial charge in [0.1, 0.15) is 0 Å². The first-order valence-electron chi connectivity index (χ1n) is 12.1. The van der Waals surface area contributed by atoms with Crippen LogP contribution in [0.15, 0.2) is 36.4 Å². The van der Waals surface area contributed by atoms with Crippen molar-refractivity contribution < 1.29 is 0 Å². The lowest BCUT2D eigenvalue weighted by atomic mass is 9.67. The van der Waals surface area contributed by atoms with Crippen LogP contribution in [0.4, 0.5) is 0 Å². The number of hydrogen-bond acceptors (Lipinski definition) is 0. The van der Waals surface area contributed by atoms with Gasteiger partial charge in [-0.15, -0.1) is 0 Å². The van der Waals surface area contributed by atoms with Gasteiger partial charge in [0.2, 0.25) is 0 Å². The van der Waals surface area contributed by atoms with Crippen molar-refractivity contribution in [3.63, 3.8) is 0 Å². The van der Waals surface area contributed by atoms with Crippen LogP contribution in [0.25, 0.3) is 0 Å². The van der Waals surface area contributed by atoms with Crippen LogP contribution in [0.5, 0.6) is 0 Å². The second-order valence-corrected chi connectivity index (χ2v) is 13.8. The highest BCUT2D eigenvalue weighted by atomic mass is 14.4. The summed E-state index contributed by atoms with van der Waals surface area (Å²) in [4.78, 5) is 0. The molecule has 0 nitrogen and oxygen atoms in total. The minimum absolute atomic E-state index is 0.119. The van der Waals surface area contributed by atoms with Gasteiger partial charge in [0.15, 0.2) is 0 Å². The third kappa shape index (κ3) is 6.24. The molecular weight excluding hydrogens is 372 g/mol. The number of benzene rings is 2. The molecule has 0 heteroatoms. The molecule has 0 aliphatic heterocycles. The highest BCUT2D eigenvalue weighted by Gasteiger charge is 2.32. The molecule has 0 aromatic heterocycles. The Kier molecular flexibility index (Phi) is 6.98. The average Bonchev–Trinajstić information content (AvgIpc) is 2.58. The summed E-state index contributed by atoms with van der Waals surface area (Å²) >= 11 is 0. The van der Waals surface area contributed by atoms with Gasteiger partial charge in [0.25, 0.3) is 0 Å². The summed E-state index contributed by atoms with van der Waals surface area (Å²) in [6.45, 7) is 30.6. The van der Waals surface area contributed by atoms with E-state index in [1.807, 2.05) is 0 Å². The van der Waals surface area contributed by atoms with Gasteiger partial charge in [-0.25, -0.2) is 0 Å². The molecule has 2 aromatic carbocycles. The van der Waals surface area contributed by atoms with Gasteiger partial charge in [0.05, 0.1) is 0 Å². The molecule has 0 aliphatic carbocycles. The zero-order valence-electron chi connectivity index (χ0n) is 22.7. The summed E-state index contributed by atoms with van der Waals surface area (Å²) in [6, 6.07) is 14.3. The molecule has 0 radical (unpaired) electrons. The van der Waals surface area contributed by atoms with E-state index < -0.39 is 0 Å². The molecule has 0 aliphatic rings. The lowest BCUT2D eigenvalue weighted by Gasteiger charge is -2.37. The first-order valence-corrected chi connectivity index (χ1v) is 12.1. The number of rotatable bonds is 3. The lowest BCUT2D eigenvalue weighted by molar-refractivity contribution is 0.496. The molecule has 2 aromatic rings. The van der Waals surface area contributed by atoms with E-state index >= 15 is 0 Å². The van der Waals surface area contributed by atoms with E-state index in [2.05, 4.69) is 126 Å². The smallest absolute Gasteiger partial charge is 0.0126 e. The first-order chi connectivity index (χ1) is 13.8. The number of hydrogen-bond donors (Lipinski definition) is 0. The zero-order valence-corrected chi connectivity index (χ0v) is 22.7. The van der Waals surface area contributed by atoms with Gasteiger partial charge in [0, 0.05) is 0 Å². The fourth-order valence-electron chi connectivity index (χ4n) is 4.59. The lowest BCUT2D eigenvalue weighted by Crippen LogP contribution is -2.28. The fourth-order valence-corrected chi connectivity index (χ4v) is 4.59. The van der Waals surface area contributed by atoms with Crippen molar-refractivity contribution in [2.24, 2.45) is 0 Å². The maximum Gasteiger partial charge on any atom is -0.0126 e. The summed E-state index contributed by atoms with van der Waals surface area (Å²) in [6.07, 6.45) is 1.07. The average molecular weight is 421 g/mol. The Morgan fingerprint density at radius 1 is 0.613 bits per heavy atom. The van der Waals surface area contributed by atoms with Crippen LogP contribution in [0, 0.1) is 0 Å². The maximum absolute atomic E-state index is 2.51. The summed E-state index contributed by atoms with van der Waals surface area (Å²) in [5, 5.41) is 0. The van der Waals surface area contributed by atoms with Crippen molar-refractivity contribution in [2.75, 3.05) is 0 Å². The van der Waals surface area contributed by atoms with Crippen LogP contribution in [0.3, 0.4) is 0 Å². The molecule has 2 rings (SSSR count). The van der Waals surface area contributed by atoms with E-state index in [9.17, 15) is 0 Å². The first kappa shape index (κ1) is 25.7. The van der Waals surface area contributed by atoms with Crippen molar-refractivity contribution >= 4 is 0 Å².